The monoisotopic (exact) mass is 497 g/mol. The zero-order valence-corrected chi connectivity index (χ0v) is 19.0. The minimum atomic E-state index is -0.680. The Morgan fingerprint density at radius 3 is 2.66 bits per heavy atom. The second kappa shape index (κ2) is 10.0. The molecule has 0 atom stereocenters. The van der Waals surface area contributed by atoms with Crippen LogP contribution in [0.15, 0.2) is 46.6 Å². The van der Waals surface area contributed by atoms with E-state index in [0.717, 1.165) is 10.5 Å². The van der Waals surface area contributed by atoms with Crippen molar-refractivity contribution in [1.82, 2.24) is 10.2 Å². The average molecular weight is 498 g/mol. The van der Waals surface area contributed by atoms with Gasteiger partial charge in [0.05, 0.1) is 11.6 Å². The Hall–Kier alpha value is -3.77. The molecule has 1 aliphatic heterocycles. The predicted molar refractivity (Wildman–Crippen MR) is 123 cm³/mol. The van der Waals surface area contributed by atoms with E-state index in [0.29, 0.717) is 27.2 Å². The van der Waals surface area contributed by atoms with Crippen molar-refractivity contribution in [2.75, 3.05) is 25.6 Å². The van der Waals surface area contributed by atoms with Crippen molar-refractivity contribution in [3.63, 3.8) is 0 Å². The Balaban J connectivity index is 1.75. The standard InChI is InChI=1S/C23H20BrN3O5/c1-4-9-32-21-17(24)10-15(12-19(21)31-3)11-18-22(29)27(23(30)26-18)13-20(28)25-16-7-5-14(2)6-8-16/h1,5-8,10-12H,9,13H2,2-3H3,(H,25,28)(H,26,30)/b18-11-. The first-order valence-corrected chi connectivity index (χ1v) is 10.3. The molecule has 1 fully saturated rings. The summed E-state index contributed by atoms with van der Waals surface area (Å²) in [7, 11) is 1.47. The highest BCUT2D eigenvalue weighted by molar-refractivity contribution is 9.10. The maximum absolute atomic E-state index is 12.7. The number of terminal acetylenes is 1. The molecule has 0 spiro atoms. The van der Waals surface area contributed by atoms with Crippen LogP contribution < -0.4 is 20.1 Å². The molecule has 0 aromatic heterocycles. The SMILES string of the molecule is C#CCOc1c(Br)cc(/C=C2\NC(=O)N(CC(=O)Nc3ccc(C)cc3)C2=O)cc1OC. The van der Waals surface area contributed by atoms with Crippen LogP contribution in [-0.2, 0) is 9.59 Å². The van der Waals surface area contributed by atoms with Gasteiger partial charge in [-0.2, -0.15) is 0 Å². The van der Waals surface area contributed by atoms with E-state index in [4.69, 9.17) is 15.9 Å². The molecular formula is C23H20BrN3O5. The number of hydrogen-bond acceptors (Lipinski definition) is 5. The molecule has 2 aromatic rings. The number of aryl methyl sites for hydroxylation is 1. The van der Waals surface area contributed by atoms with Gasteiger partial charge in [-0.1, -0.05) is 23.6 Å². The molecule has 0 aliphatic carbocycles. The number of ether oxygens (including phenoxy) is 2. The number of nitrogens with zero attached hydrogens (tertiary/aromatic N) is 1. The Labute approximate surface area is 193 Å². The number of hydrogen-bond donors (Lipinski definition) is 2. The Bertz CT molecular complexity index is 1140. The summed E-state index contributed by atoms with van der Waals surface area (Å²) in [6.45, 7) is 1.57. The summed E-state index contributed by atoms with van der Waals surface area (Å²) >= 11 is 3.39. The van der Waals surface area contributed by atoms with Crippen LogP contribution >= 0.6 is 15.9 Å². The number of nitrogens with one attached hydrogen (secondary N) is 2. The van der Waals surface area contributed by atoms with Gasteiger partial charge in [-0.05, 0) is 58.8 Å². The molecule has 9 heteroatoms. The largest absolute Gasteiger partial charge is 0.493 e. The number of carbonyl (C=O) groups excluding carboxylic acids is 3. The molecule has 164 valence electrons. The second-order valence-corrected chi connectivity index (χ2v) is 7.67. The molecule has 3 rings (SSSR count). The topological polar surface area (TPSA) is 97.0 Å². The summed E-state index contributed by atoms with van der Waals surface area (Å²) in [6, 6.07) is 9.82. The Morgan fingerprint density at radius 2 is 2.00 bits per heavy atom. The Morgan fingerprint density at radius 1 is 1.28 bits per heavy atom. The van der Waals surface area contributed by atoms with Crippen LogP contribution in [-0.4, -0.2) is 43.0 Å². The first kappa shape index (κ1) is 22.9. The number of urea groups is 1. The maximum atomic E-state index is 12.7. The van der Waals surface area contributed by atoms with Gasteiger partial charge in [0.15, 0.2) is 11.5 Å². The fourth-order valence-electron chi connectivity index (χ4n) is 2.94. The zero-order valence-electron chi connectivity index (χ0n) is 17.4. The van der Waals surface area contributed by atoms with E-state index in [2.05, 4.69) is 32.5 Å². The van der Waals surface area contributed by atoms with E-state index in [-0.39, 0.29) is 12.3 Å². The molecule has 0 saturated carbocycles. The number of methoxy groups -OCH3 is 1. The van der Waals surface area contributed by atoms with Gasteiger partial charge in [-0.3, -0.25) is 9.59 Å². The average Bonchev–Trinajstić information content (AvgIpc) is 3.01. The van der Waals surface area contributed by atoms with Gasteiger partial charge in [-0.15, -0.1) is 6.42 Å². The highest BCUT2D eigenvalue weighted by Crippen LogP contribution is 2.37. The van der Waals surface area contributed by atoms with Crippen molar-refractivity contribution >= 4 is 45.5 Å². The van der Waals surface area contributed by atoms with Gasteiger partial charge in [0.2, 0.25) is 5.91 Å². The molecule has 1 aliphatic rings. The lowest BCUT2D eigenvalue weighted by Crippen LogP contribution is -2.38. The smallest absolute Gasteiger partial charge is 0.329 e. The van der Waals surface area contributed by atoms with Crippen molar-refractivity contribution in [1.29, 1.82) is 0 Å². The molecule has 1 heterocycles. The van der Waals surface area contributed by atoms with Gasteiger partial charge >= 0.3 is 6.03 Å². The molecule has 0 unspecified atom stereocenters. The van der Waals surface area contributed by atoms with Gasteiger partial charge in [0, 0.05) is 5.69 Å². The molecule has 2 aromatic carbocycles. The quantitative estimate of drug-likeness (QED) is 0.347. The lowest BCUT2D eigenvalue weighted by atomic mass is 10.1. The summed E-state index contributed by atoms with van der Waals surface area (Å²) in [5.41, 5.74) is 2.22. The highest BCUT2D eigenvalue weighted by Gasteiger charge is 2.35. The van der Waals surface area contributed by atoms with Crippen LogP contribution in [0.5, 0.6) is 11.5 Å². The third-order valence-electron chi connectivity index (χ3n) is 4.46. The van der Waals surface area contributed by atoms with Crippen molar-refractivity contribution < 1.29 is 23.9 Å². The summed E-state index contributed by atoms with van der Waals surface area (Å²) in [5.74, 6) is 2.09. The molecule has 2 N–H and O–H groups in total. The van der Waals surface area contributed by atoms with E-state index in [1.807, 2.05) is 19.1 Å². The molecule has 0 bridgehead atoms. The molecule has 8 nitrogen and oxygen atoms in total. The zero-order chi connectivity index (χ0) is 23.3. The van der Waals surface area contributed by atoms with Gasteiger partial charge in [-0.25, -0.2) is 9.69 Å². The molecule has 1 saturated heterocycles. The summed E-state index contributed by atoms with van der Waals surface area (Å²) in [4.78, 5) is 38.1. The first-order valence-electron chi connectivity index (χ1n) is 9.47. The van der Waals surface area contributed by atoms with Crippen molar-refractivity contribution in [3.8, 4) is 23.8 Å². The predicted octanol–water partition coefficient (Wildman–Crippen LogP) is 3.31. The van der Waals surface area contributed by atoms with Crippen LogP contribution in [0.4, 0.5) is 10.5 Å². The van der Waals surface area contributed by atoms with Gasteiger partial charge < -0.3 is 20.1 Å². The Kier molecular flexibility index (Phi) is 7.18. The fraction of sp³-hybridized carbons (Fsp3) is 0.174. The summed E-state index contributed by atoms with van der Waals surface area (Å²) < 4.78 is 11.4. The normalized spacial score (nSPS) is 14.2. The van der Waals surface area contributed by atoms with Crippen LogP contribution in [0.25, 0.3) is 6.08 Å². The number of imide groups is 1. The second-order valence-electron chi connectivity index (χ2n) is 6.82. The van der Waals surface area contributed by atoms with Crippen LogP contribution in [0.2, 0.25) is 0 Å². The van der Waals surface area contributed by atoms with E-state index >= 15 is 0 Å². The number of amides is 4. The molecule has 0 radical (unpaired) electrons. The number of halogens is 1. The van der Waals surface area contributed by atoms with E-state index in [1.54, 1.807) is 24.3 Å². The maximum Gasteiger partial charge on any atom is 0.329 e. The first-order chi connectivity index (χ1) is 15.3. The van der Waals surface area contributed by atoms with Crippen molar-refractivity contribution in [3.05, 3.63) is 57.7 Å². The number of rotatable bonds is 7. The summed E-state index contributed by atoms with van der Waals surface area (Å²) in [5, 5.41) is 5.15. The fourth-order valence-corrected chi connectivity index (χ4v) is 3.51. The molecular weight excluding hydrogens is 478 g/mol. The van der Waals surface area contributed by atoms with Crippen LogP contribution in [0, 0.1) is 19.3 Å². The highest BCUT2D eigenvalue weighted by atomic mass is 79.9. The lowest BCUT2D eigenvalue weighted by molar-refractivity contribution is -0.127. The minimum Gasteiger partial charge on any atom is -0.493 e. The van der Waals surface area contributed by atoms with Gasteiger partial charge in [0.25, 0.3) is 5.91 Å². The number of carbonyl (C=O) groups is 3. The lowest BCUT2D eigenvalue weighted by Gasteiger charge is -2.12. The molecule has 4 amide bonds. The van der Waals surface area contributed by atoms with Crippen molar-refractivity contribution in [2.45, 2.75) is 6.92 Å². The van der Waals surface area contributed by atoms with Crippen molar-refractivity contribution in [2.24, 2.45) is 0 Å². The van der Waals surface area contributed by atoms with E-state index in [1.165, 1.54) is 13.2 Å². The van der Waals surface area contributed by atoms with Gasteiger partial charge in [0.1, 0.15) is 18.8 Å². The third-order valence-corrected chi connectivity index (χ3v) is 5.05. The number of benzene rings is 2. The summed E-state index contributed by atoms with van der Waals surface area (Å²) in [6.07, 6.45) is 6.71. The third kappa shape index (κ3) is 5.28. The van der Waals surface area contributed by atoms with E-state index in [9.17, 15) is 14.4 Å². The molecule has 32 heavy (non-hydrogen) atoms. The van der Waals surface area contributed by atoms with Crippen LogP contribution in [0.3, 0.4) is 0 Å². The van der Waals surface area contributed by atoms with E-state index < -0.39 is 24.4 Å². The minimum absolute atomic E-state index is 0.0318. The van der Waals surface area contributed by atoms with Crippen LogP contribution in [0.1, 0.15) is 11.1 Å². The number of anilines is 1.